The maximum atomic E-state index is 13.3. The van der Waals surface area contributed by atoms with Crippen molar-refractivity contribution < 1.29 is 29.0 Å². The van der Waals surface area contributed by atoms with E-state index in [0.717, 1.165) is 5.56 Å². The van der Waals surface area contributed by atoms with Gasteiger partial charge in [-0.25, -0.2) is 9.59 Å². The number of nitrogens with zero attached hydrogens (tertiary/aromatic N) is 1. The van der Waals surface area contributed by atoms with Crippen molar-refractivity contribution in [3.05, 3.63) is 65.7 Å². The first-order valence-electron chi connectivity index (χ1n) is 11.5. The highest BCUT2D eigenvalue weighted by Gasteiger charge is 2.43. The first-order chi connectivity index (χ1) is 16.5. The van der Waals surface area contributed by atoms with Gasteiger partial charge < -0.3 is 25.4 Å². The van der Waals surface area contributed by atoms with Crippen molar-refractivity contribution in [3.63, 3.8) is 0 Å². The van der Waals surface area contributed by atoms with Gasteiger partial charge in [-0.2, -0.15) is 0 Å². The average molecular weight is 482 g/mol. The molecule has 1 fully saturated rings. The predicted molar refractivity (Wildman–Crippen MR) is 130 cm³/mol. The van der Waals surface area contributed by atoms with Gasteiger partial charge in [-0.05, 0) is 56.9 Å². The molecule has 0 aliphatic carbocycles. The lowest BCUT2D eigenvalue weighted by Crippen LogP contribution is -2.48. The van der Waals surface area contributed by atoms with E-state index in [9.17, 15) is 19.2 Å². The van der Waals surface area contributed by atoms with Gasteiger partial charge in [-0.3, -0.25) is 9.59 Å². The zero-order valence-electron chi connectivity index (χ0n) is 20.1. The summed E-state index contributed by atoms with van der Waals surface area (Å²) >= 11 is 0. The topological polar surface area (TPSA) is 125 Å². The van der Waals surface area contributed by atoms with Gasteiger partial charge in [-0.15, -0.1) is 0 Å². The standard InChI is InChI=1S/C26H31N3O6/c1-26(2,3)35-24(33)21-13-12-20(18-9-5-4-6-10-18)29(21)22(30)16-27-25(34)28-19-11-7-8-17(14-19)15-23(31)32/h4-11,14,20-21H,12-13,15-16H2,1-3H3,(H,31,32)(H2,27,28,34). The number of likely N-dealkylation sites (tertiary alicyclic amines) is 1. The Bertz CT molecular complexity index is 1080. The number of rotatable bonds is 7. The zero-order valence-corrected chi connectivity index (χ0v) is 20.1. The number of carboxylic acids is 1. The van der Waals surface area contributed by atoms with Crippen LogP contribution in [-0.2, 0) is 25.5 Å². The minimum atomic E-state index is -0.977. The van der Waals surface area contributed by atoms with E-state index < -0.39 is 35.5 Å². The van der Waals surface area contributed by atoms with Gasteiger partial charge in [0.05, 0.1) is 19.0 Å². The molecule has 1 aliphatic rings. The third kappa shape index (κ3) is 7.30. The lowest BCUT2D eigenvalue weighted by Gasteiger charge is -2.31. The summed E-state index contributed by atoms with van der Waals surface area (Å²) in [5.74, 6) is -1.85. The fourth-order valence-corrected chi connectivity index (χ4v) is 4.12. The third-order valence-corrected chi connectivity index (χ3v) is 5.48. The summed E-state index contributed by atoms with van der Waals surface area (Å²) in [5, 5.41) is 14.1. The summed E-state index contributed by atoms with van der Waals surface area (Å²) in [6.07, 6.45) is 0.891. The molecule has 1 heterocycles. The molecular weight excluding hydrogens is 450 g/mol. The lowest BCUT2D eigenvalue weighted by atomic mass is 10.0. The van der Waals surface area contributed by atoms with Gasteiger partial charge >= 0.3 is 18.0 Å². The maximum Gasteiger partial charge on any atom is 0.329 e. The maximum absolute atomic E-state index is 13.3. The van der Waals surface area contributed by atoms with Crippen LogP contribution in [0.2, 0.25) is 0 Å². The summed E-state index contributed by atoms with van der Waals surface area (Å²) in [5.41, 5.74) is 1.16. The number of carbonyl (C=O) groups is 4. The zero-order chi connectivity index (χ0) is 25.6. The van der Waals surface area contributed by atoms with E-state index >= 15 is 0 Å². The second kappa shape index (κ2) is 11.0. The Morgan fingerprint density at radius 1 is 1.03 bits per heavy atom. The summed E-state index contributed by atoms with van der Waals surface area (Å²) in [4.78, 5) is 51.0. The number of nitrogens with one attached hydrogen (secondary N) is 2. The summed E-state index contributed by atoms with van der Waals surface area (Å²) in [6, 6.07) is 14.3. The Morgan fingerprint density at radius 3 is 2.40 bits per heavy atom. The van der Waals surface area contributed by atoms with E-state index in [-0.39, 0.29) is 19.0 Å². The smallest absolute Gasteiger partial charge is 0.329 e. The molecule has 2 aromatic rings. The van der Waals surface area contributed by atoms with Crippen LogP contribution in [0.25, 0.3) is 0 Å². The van der Waals surface area contributed by atoms with Crippen LogP contribution in [0.3, 0.4) is 0 Å². The second-order valence-electron chi connectivity index (χ2n) is 9.43. The van der Waals surface area contributed by atoms with Crippen molar-refractivity contribution in [3.8, 4) is 0 Å². The van der Waals surface area contributed by atoms with Crippen LogP contribution in [0.15, 0.2) is 54.6 Å². The number of aliphatic carboxylic acids is 1. The lowest BCUT2D eigenvalue weighted by molar-refractivity contribution is -0.164. The average Bonchev–Trinajstić information content (AvgIpc) is 3.22. The molecular formula is C26H31N3O6. The largest absolute Gasteiger partial charge is 0.481 e. The number of anilines is 1. The molecule has 0 aromatic heterocycles. The van der Waals surface area contributed by atoms with Gasteiger partial charge in [0.1, 0.15) is 11.6 Å². The molecule has 3 amide bonds. The molecule has 0 spiro atoms. The number of benzene rings is 2. The number of hydrogen-bond acceptors (Lipinski definition) is 5. The molecule has 2 atom stereocenters. The quantitative estimate of drug-likeness (QED) is 0.520. The Morgan fingerprint density at radius 2 is 1.74 bits per heavy atom. The number of urea groups is 1. The molecule has 9 nitrogen and oxygen atoms in total. The highest BCUT2D eigenvalue weighted by molar-refractivity contribution is 5.93. The fraction of sp³-hybridized carbons (Fsp3) is 0.385. The van der Waals surface area contributed by atoms with Crippen molar-refractivity contribution in [2.75, 3.05) is 11.9 Å². The first-order valence-corrected chi connectivity index (χ1v) is 11.5. The number of hydrogen-bond donors (Lipinski definition) is 3. The Balaban J connectivity index is 1.69. The number of esters is 1. The van der Waals surface area contributed by atoms with E-state index in [1.54, 1.807) is 45.0 Å². The summed E-state index contributed by atoms with van der Waals surface area (Å²) in [7, 11) is 0. The van der Waals surface area contributed by atoms with E-state index in [2.05, 4.69) is 10.6 Å². The molecule has 9 heteroatoms. The van der Waals surface area contributed by atoms with Gasteiger partial charge in [0.15, 0.2) is 0 Å². The van der Waals surface area contributed by atoms with Crippen LogP contribution in [0.1, 0.15) is 50.8 Å². The van der Waals surface area contributed by atoms with Crippen LogP contribution in [0.5, 0.6) is 0 Å². The molecule has 0 radical (unpaired) electrons. The minimum absolute atomic E-state index is 0.169. The van der Waals surface area contributed by atoms with E-state index in [1.807, 2.05) is 30.3 Å². The number of amides is 3. The van der Waals surface area contributed by atoms with E-state index in [4.69, 9.17) is 9.84 Å². The number of carbonyl (C=O) groups excluding carboxylic acids is 3. The summed E-state index contributed by atoms with van der Waals surface area (Å²) < 4.78 is 5.56. The van der Waals surface area contributed by atoms with Gasteiger partial charge in [0.2, 0.25) is 5.91 Å². The molecule has 1 aliphatic heterocycles. The predicted octanol–water partition coefficient (Wildman–Crippen LogP) is 3.51. The molecule has 0 saturated carbocycles. The second-order valence-corrected chi connectivity index (χ2v) is 9.43. The van der Waals surface area contributed by atoms with Crippen LogP contribution in [-0.4, -0.2) is 52.1 Å². The molecule has 186 valence electrons. The summed E-state index contributed by atoms with van der Waals surface area (Å²) in [6.45, 7) is 5.01. The van der Waals surface area contributed by atoms with Gasteiger partial charge in [0, 0.05) is 5.69 Å². The van der Waals surface area contributed by atoms with Crippen LogP contribution < -0.4 is 10.6 Å². The molecule has 3 N–H and O–H groups in total. The van der Waals surface area contributed by atoms with Crippen molar-refractivity contribution >= 4 is 29.6 Å². The van der Waals surface area contributed by atoms with Gasteiger partial charge in [-0.1, -0.05) is 42.5 Å². The first kappa shape index (κ1) is 25.7. The highest BCUT2D eigenvalue weighted by Crippen LogP contribution is 2.37. The van der Waals surface area contributed by atoms with Crippen molar-refractivity contribution in [2.24, 2.45) is 0 Å². The van der Waals surface area contributed by atoms with Crippen molar-refractivity contribution in [1.29, 1.82) is 0 Å². The van der Waals surface area contributed by atoms with E-state index in [1.165, 1.54) is 4.90 Å². The minimum Gasteiger partial charge on any atom is -0.481 e. The molecule has 1 saturated heterocycles. The molecule has 2 aromatic carbocycles. The monoisotopic (exact) mass is 481 g/mol. The normalized spacial score (nSPS) is 17.5. The van der Waals surface area contributed by atoms with Gasteiger partial charge in [0.25, 0.3) is 0 Å². The van der Waals surface area contributed by atoms with Crippen molar-refractivity contribution in [1.82, 2.24) is 10.2 Å². The Hall–Kier alpha value is -3.88. The molecule has 2 unspecified atom stereocenters. The fourth-order valence-electron chi connectivity index (χ4n) is 4.12. The highest BCUT2D eigenvalue weighted by atomic mass is 16.6. The SMILES string of the molecule is CC(C)(C)OC(=O)C1CCC(c2ccccc2)N1C(=O)CNC(=O)Nc1cccc(CC(=O)O)c1. The molecule has 3 rings (SSSR count). The Labute approximate surface area is 204 Å². The number of carboxylic acid groups (broad SMARTS) is 1. The number of ether oxygens (including phenoxy) is 1. The van der Waals surface area contributed by atoms with E-state index in [0.29, 0.717) is 24.1 Å². The molecule has 35 heavy (non-hydrogen) atoms. The van der Waals surface area contributed by atoms with Crippen LogP contribution in [0, 0.1) is 0 Å². The van der Waals surface area contributed by atoms with Crippen LogP contribution in [0.4, 0.5) is 10.5 Å². The third-order valence-electron chi connectivity index (χ3n) is 5.48. The Kier molecular flexibility index (Phi) is 8.11. The molecule has 0 bridgehead atoms. The van der Waals surface area contributed by atoms with Crippen LogP contribution >= 0.6 is 0 Å². The van der Waals surface area contributed by atoms with Crippen molar-refractivity contribution in [2.45, 2.75) is 57.7 Å².